The Morgan fingerprint density at radius 3 is 2.60 bits per heavy atom. The Morgan fingerprint density at radius 1 is 1.20 bits per heavy atom. The highest BCUT2D eigenvalue weighted by Gasteiger charge is 2.11. The van der Waals surface area contributed by atoms with Gasteiger partial charge in [-0.3, -0.25) is 0 Å². The minimum Gasteiger partial charge on any atom is -0.339 e. The third-order valence-electron chi connectivity index (χ3n) is 3.31. The van der Waals surface area contributed by atoms with Gasteiger partial charge in [0.2, 0.25) is 11.7 Å². The molecule has 0 saturated carbocycles. The van der Waals surface area contributed by atoms with Crippen LogP contribution in [-0.2, 0) is 12.8 Å². The molecule has 1 aromatic heterocycles. The van der Waals surface area contributed by atoms with Crippen LogP contribution in [0.2, 0.25) is 0 Å². The lowest BCUT2D eigenvalue weighted by atomic mass is 10.1. The third kappa shape index (κ3) is 3.90. The first-order valence-electron chi connectivity index (χ1n) is 7.38. The quantitative estimate of drug-likeness (QED) is 0.841. The average molecular weight is 273 g/mol. The average Bonchev–Trinajstić information content (AvgIpc) is 2.93. The second-order valence-corrected chi connectivity index (χ2v) is 5.12. The van der Waals surface area contributed by atoms with Gasteiger partial charge in [0.05, 0.1) is 0 Å². The maximum atomic E-state index is 5.33. The fourth-order valence-corrected chi connectivity index (χ4v) is 2.07. The third-order valence-corrected chi connectivity index (χ3v) is 3.31. The molecule has 1 heterocycles. The first-order chi connectivity index (χ1) is 9.72. The predicted octanol–water partition coefficient (Wildman–Crippen LogP) is 3.23. The van der Waals surface area contributed by atoms with Crippen molar-refractivity contribution in [3.05, 3.63) is 35.7 Å². The highest BCUT2D eigenvalue weighted by Crippen LogP contribution is 2.17. The summed E-state index contributed by atoms with van der Waals surface area (Å²) in [6.45, 7) is 7.45. The van der Waals surface area contributed by atoms with Gasteiger partial charge >= 0.3 is 0 Å². The minimum atomic E-state index is 0.353. The van der Waals surface area contributed by atoms with E-state index in [4.69, 9.17) is 4.52 Å². The van der Waals surface area contributed by atoms with Crippen molar-refractivity contribution in [2.75, 3.05) is 6.54 Å². The van der Waals surface area contributed by atoms with E-state index in [1.54, 1.807) is 0 Å². The van der Waals surface area contributed by atoms with Crippen LogP contribution in [0.5, 0.6) is 0 Å². The van der Waals surface area contributed by atoms with Crippen LogP contribution in [0.25, 0.3) is 11.4 Å². The fraction of sp³-hybridized carbons (Fsp3) is 0.500. The monoisotopic (exact) mass is 273 g/mol. The number of rotatable bonds is 7. The highest BCUT2D eigenvalue weighted by molar-refractivity contribution is 5.54. The molecule has 4 nitrogen and oxygen atoms in total. The molecule has 108 valence electrons. The van der Waals surface area contributed by atoms with Crippen LogP contribution in [0.3, 0.4) is 0 Å². The number of aromatic nitrogens is 2. The zero-order valence-corrected chi connectivity index (χ0v) is 12.5. The molecule has 0 aliphatic heterocycles. The van der Waals surface area contributed by atoms with E-state index in [0.717, 1.165) is 31.4 Å². The standard InChI is InChI=1S/C16H23N3O/c1-4-10-17-12(3)11-15-18-16(19-20-15)14-8-6-13(5-2)7-9-14/h6-9,12,17H,4-5,10-11H2,1-3H3. The Kier molecular flexibility index (Phi) is 5.30. The summed E-state index contributed by atoms with van der Waals surface area (Å²) in [6.07, 6.45) is 2.93. The summed E-state index contributed by atoms with van der Waals surface area (Å²) in [5.74, 6) is 1.36. The number of nitrogens with zero attached hydrogens (tertiary/aromatic N) is 2. The van der Waals surface area contributed by atoms with Crippen LogP contribution >= 0.6 is 0 Å². The number of hydrogen-bond acceptors (Lipinski definition) is 4. The molecule has 20 heavy (non-hydrogen) atoms. The summed E-state index contributed by atoms with van der Waals surface area (Å²) in [5.41, 5.74) is 2.32. The van der Waals surface area contributed by atoms with Gasteiger partial charge in [-0.2, -0.15) is 4.98 Å². The van der Waals surface area contributed by atoms with E-state index in [9.17, 15) is 0 Å². The molecule has 2 aromatic rings. The van der Waals surface area contributed by atoms with Crippen LogP contribution in [0.4, 0.5) is 0 Å². The number of benzene rings is 1. The van der Waals surface area contributed by atoms with Crippen molar-refractivity contribution >= 4 is 0 Å². The molecular weight excluding hydrogens is 250 g/mol. The van der Waals surface area contributed by atoms with Crippen LogP contribution in [0.15, 0.2) is 28.8 Å². The zero-order chi connectivity index (χ0) is 14.4. The van der Waals surface area contributed by atoms with Crippen molar-refractivity contribution in [3.63, 3.8) is 0 Å². The second-order valence-electron chi connectivity index (χ2n) is 5.12. The maximum Gasteiger partial charge on any atom is 0.228 e. The van der Waals surface area contributed by atoms with Gasteiger partial charge in [-0.1, -0.05) is 43.3 Å². The molecule has 2 rings (SSSR count). The molecule has 0 amide bonds. The smallest absolute Gasteiger partial charge is 0.228 e. The van der Waals surface area contributed by atoms with Gasteiger partial charge in [-0.05, 0) is 31.9 Å². The Balaban J connectivity index is 2.00. The van der Waals surface area contributed by atoms with E-state index in [-0.39, 0.29) is 0 Å². The predicted molar refractivity (Wildman–Crippen MR) is 80.6 cm³/mol. The largest absolute Gasteiger partial charge is 0.339 e. The van der Waals surface area contributed by atoms with Gasteiger partial charge in [-0.25, -0.2) is 0 Å². The van der Waals surface area contributed by atoms with Crippen molar-refractivity contribution < 1.29 is 4.52 Å². The highest BCUT2D eigenvalue weighted by atomic mass is 16.5. The first kappa shape index (κ1) is 14.7. The minimum absolute atomic E-state index is 0.353. The second kappa shape index (κ2) is 7.20. The van der Waals surface area contributed by atoms with E-state index in [1.807, 2.05) is 12.1 Å². The molecule has 1 N–H and O–H groups in total. The molecule has 1 aromatic carbocycles. The summed E-state index contributed by atoms with van der Waals surface area (Å²) < 4.78 is 5.33. The summed E-state index contributed by atoms with van der Waals surface area (Å²) in [6, 6.07) is 8.66. The molecule has 0 radical (unpaired) electrons. The normalized spacial score (nSPS) is 12.6. The van der Waals surface area contributed by atoms with Crippen molar-refractivity contribution in [3.8, 4) is 11.4 Å². The van der Waals surface area contributed by atoms with Gasteiger partial charge in [0.1, 0.15) is 0 Å². The summed E-state index contributed by atoms with van der Waals surface area (Å²) >= 11 is 0. The topological polar surface area (TPSA) is 51.0 Å². The van der Waals surface area contributed by atoms with Crippen molar-refractivity contribution in [2.24, 2.45) is 0 Å². The molecule has 0 aliphatic carbocycles. The fourth-order valence-electron chi connectivity index (χ4n) is 2.07. The summed E-state index contributed by atoms with van der Waals surface area (Å²) in [7, 11) is 0. The van der Waals surface area contributed by atoms with Crippen LogP contribution < -0.4 is 5.32 Å². The molecule has 0 saturated heterocycles. The lowest BCUT2D eigenvalue weighted by Crippen LogP contribution is -2.28. The van der Waals surface area contributed by atoms with E-state index < -0.39 is 0 Å². The molecular formula is C16H23N3O. The Morgan fingerprint density at radius 2 is 1.95 bits per heavy atom. The maximum absolute atomic E-state index is 5.33. The summed E-state index contributed by atoms with van der Waals surface area (Å²) in [5, 5.41) is 7.48. The SMILES string of the molecule is CCCNC(C)Cc1nc(-c2ccc(CC)cc2)no1. The Bertz CT molecular complexity index is 519. The van der Waals surface area contributed by atoms with E-state index >= 15 is 0 Å². The van der Waals surface area contributed by atoms with Gasteiger partial charge < -0.3 is 9.84 Å². The Hall–Kier alpha value is -1.68. The van der Waals surface area contributed by atoms with Gasteiger partial charge in [-0.15, -0.1) is 0 Å². The van der Waals surface area contributed by atoms with Crippen LogP contribution in [0, 0.1) is 0 Å². The van der Waals surface area contributed by atoms with E-state index in [0.29, 0.717) is 17.8 Å². The molecule has 0 bridgehead atoms. The van der Waals surface area contributed by atoms with Crippen molar-refractivity contribution in [2.45, 2.75) is 46.1 Å². The van der Waals surface area contributed by atoms with Gasteiger partial charge in [0, 0.05) is 18.0 Å². The number of nitrogens with one attached hydrogen (secondary N) is 1. The van der Waals surface area contributed by atoms with Crippen molar-refractivity contribution in [1.29, 1.82) is 0 Å². The first-order valence-corrected chi connectivity index (χ1v) is 7.38. The number of hydrogen-bond donors (Lipinski definition) is 1. The van der Waals surface area contributed by atoms with Gasteiger partial charge in [0.25, 0.3) is 0 Å². The lowest BCUT2D eigenvalue weighted by Gasteiger charge is -2.09. The molecule has 0 fully saturated rings. The number of aryl methyl sites for hydroxylation is 1. The van der Waals surface area contributed by atoms with Crippen LogP contribution in [0.1, 0.15) is 38.6 Å². The molecule has 0 spiro atoms. The van der Waals surface area contributed by atoms with Crippen molar-refractivity contribution in [1.82, 2.24) is 15.5 Å². The zero-order valence-electron chi connectivity index (χ0n) is 12.5. The lowest BCUT2D eigenvalue weighted by molar-refractivity contribution is 0.362. The molecule has 4 heteroatoms. The van der Waals surface area contributed by atoms with Gasteiger partial charge in [0.15, 0.2) is 0 Å². The molecule has 1 atom stereocenters. The van der Waals surface area contributed by atoms with E-state index in [1.165, 1.54) is 5.56 Å². The molecule has 1 unspecified atom stereocenters. The van der Waals surface area contributed by atoms with E-state index in [2.05, 4.69) is 48.4 Å². The summed E-state index contributed by atoms with van der Waals surface area (Å²) in [4.78, 5) is 4.47. The molecule has 0 aliphatic rings. The Labute approximate surface area is 120 Å². The van der Waals surface area contributed by atoms with Crippen LogP contribution in [-0.4, -0.2) is 22.7 Å².